The van der Waals surface area contributed by atoms with Crippen LogP contribution in [0.4, 0.5) is 28.9 Å². The molecule has 0 fully saturated rings. The maximum absolute atomic E-state index is 13.2. The first kappa shape index (κ1) is 15.3. The summed E-state index contributed by atoms with van der Waals surface area (Å²) in [4.78, 5) is 0. The van der Waals surface area contributed by atoms with Crippen LogP contribution in [0.3, 0.4) is 0 Å². The summed E-state index contributed by atoms with van der Waals surface area (Å²) in [6.07, 6.45) is -4.59. The van der Waals surface area contributed by atoms with Crippen LogP contribution in [-0.4, -0.2) is 0 Å². The topological polar surface area (TPSA) is 35.8 Å². The Morgan fingerprint density at radius 3 is 2.43 bits per heavy atom. The molecule has 0 unspecified atom stereocenters. The highest BCUT2D eigenvalue weighted by atomic mass is 79.9. The van der Waals surface area contributed by atoms with E-state index in [0.717, 1.165) is 12.1 Å². The maximum Gasteiger partial charge on any atom is 0.417 e. The van der Waals surface area contributed by atoms with E-state index in [0.29, 0.717) is 10.2 Å². The Hall–Kier alpha value is -2.07. The molecule has 0 atom stereocenters. The fourth-order valence-electron chi connectivity index (χ4n) is 1.71. The van der Waals surface area contributed by atoms with Crippen molar-refractivity contribution in [1.29, 1.82) is 5.26 Å². The third kappa shape index (κ3) is 3.52. The van der Waals surface area contributed by atoms with Crippen LogP contribution in [0.1, 0.15) is 11.1 Å². The highest BCUT2D eigenvalue weighted by molar-refractivity contribution is 9.10. The second kappa shape index (κ2) is 5.74. The van der Waals surface area contributed by atoms with Gasteiger partial charge in [-0.05, 0) is 52.3 Å². The molecule has 0 spiro atoms. The molecule has 0 amide bonds. The number of nitrogens with zero attached hydrogens (tertiary/aromatic N) is 1. The molecule has 0 aromatic heterocycles. The van der Waals surface area contributed by atoms with Crippen molar-refractivity contribution < 1.29 is 17.6 Å². The molecule has 0 aliphatic rings. The van der Waals surface area contributed by atoms with Crippen molar-refractivity contribution in [2.45, 2.75) is 6.18 Å². The van der Waals surface area contributed by atoms with Gasteiger partial charge in [-0.25, -0.2) is 4.39 Å². The van der Waals surface area contributed by atoms with Crippen LogP contribution >= 0.6 is 15.9 Å². The highest BCUT2D eigenvalue weighted by Crippen LogP contribution is 2.34. The third-order valence-corrected chi connectivity index (χ3v) is 3.34. The lowest BCUT2D eigenvalue weighted by Crippen LogP contribution is -2.08. The van der Waals surface area contributed by atoms with Gasteiger partial charge in [-0.15, -0.1) is 0 Å². The van der Waals surface area contributed by atoms with Crippen molar-refractivity contribution in [3.8, 4) is 6.07 Å². The first-order valence-corrected chi connectivity index (χ1v) is 6.44. The van der Waals surface area contributed by atoms with E-state index in [9.17, 15) is 17.6 Å². The average molecular weight is 359 g/mol. The van der Waals surface area contributed by atoms with Gasteiger partial charge in [-0.2, -0.15) is 18.4 Å². The summed E-state index contributed by atoms with van der Waals surface area (Å²) in [5, 5.41) is 11.6. The van der Waals surface area contributed by atoms with Crippen LogP contribution in [0, 0.1) is 17.1 Å². The van der Waals surface area contributed by atoms with Crippen LogP contribution in [-0.2, 0) is 6.18 Å². The minimum absolute atomic E-state index is 0.255. The lowest BCUT2D eigenvalue weighted by Gasteiger charge is -2.12. The normalized spacial score (nSPS) is 11.0. The monoisotopic (exact) mass is 358 g/mol. The summed E-state index contributed by atoms with van der Waals surface area (Å²) in [7, 11) is 0. The van der Waals surface area contributed by atoms with E-state index < -0.39 is 23.1 Å². The van der Waals surface area contributed by atoms with Crippen molar-refractivity contribution in [1.82, 2.24) is 0 Å². The Kier molecular flexibility index (Phi) is 4.19. The summed E-state index contributed by atoms with van der Waals surface area (Å²) in [5.41, 5.74) is -0.904. The molecule has 0 radical (unpaired) electrons. The van der Waals surface area contributed by atoms with Gasteiger partial charge in [0, 0.05) is 10.2 Å². The second-order valence-corrected chi connectivity index (χ2v) is 4.97. The fourth-order valence-corrected chi connectivity index (χ4v) is 2.06. The summed E-state index contributed by atoms with van der Waals surface area (Å²) in [5.74, 6) is -0.492. The first-order chi connectivity index (χ1) is 9.81. The predicted octanol–water partition coefficient (Wildman–Crippen LogP) is 5.22. The lowest BCUT2D eigenvalue weighted by molar-refractivity contribution is -0.137. The van der Waals surface area contributed by atoms with Gasteiger partial charge >= 0.3 is 6.18 Å². The SMILES string of the molecule is N#Cc1cc(Nc2cc(F)ccc2Br)ccc1C(F)(F)F. The predicted molar refractivity (Wildman–Crippen MR) is 73.5 cm³/mol. The van der Waals surface area contributed by atoms with E-state index in [1.54, 1.807) is 0 Å². The molecule has 2 aromatic carbocycles. The molecule has 108 valence electrons. The largest absolute Gasteiger partial charge is 0.417 e. The van der Waals surface area contributed by atoms with Crippen molar-refractivity contribution in [3.63, 3.8) is 0 Å². The molecule has 2 aromatic rings. The zero-order valence-corrected chi connectivity index (χ0v) is 11.9. The average Bonchev–Trinajstić information content (AvgIpc) is 2.41. The third-order valence-electron chi connectivity index (χ3n) is 2.65. The number of halogens is 5. The second-order valence-electron chi connectivity index (χ2n) is 4.12. The molecule has 0 aliphatic heterocycles. The standard InChI is InChI=1S/C14H7BrF4N2/c15-12-4-1-9(16)6-13(12)21-10-2-3-11(14(17,18)19)8(5-10)7-20/h1-6,21H. The van der Waals surface area contributed by atoms with Gasteiger partial charge in [0.05, 0.1) is 22.9 Å². The van der Waals surface area contributed by atoms with E-state index in [-0.39, 0.29) is 5.69 Å². The van der Waals surface area contributed by atoms with Gasteiger partial charge in [-0.1, -0.05) is 0 Å². The fraction of sp³-hybridized carbons (Fsp3) is 0.0714. The molecule has 21 heavy (non-hydrogen) atoms. The van der Waals surface area contributed by atoms with E-state index in [4.69, 9.17) is 5.26 Å². The van der Waals surface area contributed by atoms with Crippen LogP contribution in [0.2, 0.25) is 0 Å². The van der Waals surface area contributed by atoms with Crippen molar-refractivity contribution in [2.75, 3.05) is 5.32 Å². The Balaban J connectivity index is 2.39. The number of alkyl halides is 3. The number of hydrogen-bond donors (Lipinski definition) is 1. The molecule has 7 heteroatoms. The number of nitrogens with one attached hydrogen (secondary N) is 1. The van der Waals surface area contributed by atoms with E-state index in [2.05, 4.69) is 21.2 Å². The van der Waals surface area contributed by atoms with Gasteiger partial charge in [0.15, 0.2) is 0 Å². The Labute approximate surface area is 126 Å². The van der Waals surface area contributed by atoms with Gasteiger partial charge in [0.1, 0.15) is 5.82 Å². The van der Waals surface area contributed by atoms with E-state index >= 15 is 0 Å². The summed E-state index contributed by atoms with van der Waals surface area (Å²) < 4.78 is 51.7. The minimum Gasteiger partial charge on any atom is -0.354 e. The molecule has 1 N–H and O–H groups in total. The lowest BCUT2D eigenvalue weighted by atomic mass is 10.1. The zero-order chi connectivity index (χ0) is 15.6. The molecule has 2 nitrogen and oxygen atoms in total. The van der Waals surface area contributed by atoms with E-state index in [1.807, 2.05) is 0 Å². The number of hydrogen-bond acceptors (Lipinski definition) is 2. The zero-order valence-electron chi connectivity index (χ0n) is 10.3. The van der Waals surface area contributed by atoms with Gasteiger partial charge in [-0.3, -0.25) is 0 Å². The molecule has 0 saturated heterocycles. The summed E-state index contributed by atoms with van der Waals surface area (Å²) >= 11 is 3.20. The van der Waals surface area contributed by atoms with Crippen LogP contribution in [0.5, 0.6) is 0 Å². The smallest absolute Gasteiger partial charge is 0.354 e. The van der Waals surface area contributed by atoms with Crippen molar-refractivity contribution >= 4 is 27.3 Å². The minimum atomic E-state index is -4.59. The molecule has 0 saturated carbocycles. The van der Waals surface area contributed by atoms with Gasteiger partial charge in [0.2, 0.25) is 0 Å². The number of anilines is 2. The quantitative estimate of drug-likeness (QED) is 0.746. The molecular formula is C14H7BrF4N2. The Morgan fingerprint density at radius 1 is 1.10 bits per heavy atom. The summed E-state index contributed by atoms with van der Waals surface area (Å²) in [6.45, 7) is 0. The Morgan fingerprint density at radius 2 is 1.81 bits per heavy atom. The molecular weight excluding hydrogens is 352 g/mol. The number of nitriles is 1. The number of rotatable bonds is 2. The maximum atomic E-state index is 13.2. The van der Waals surface area contributed by atoms with Crippen LogP contribution in [0.25, 0.3) is 0 Å². The van der Waals surface area contributed by atoms with E-state index in [1.165, 1.54) is 30.3 Å². The van der Waals surface area contributed by atoms with Gasteiger partial charge < -0.3 is 5.32 Å². The Bertz CT molecular complexity index is 720. The van der Waals surface area contributed by atoms with Crippen molar-refractivity contribution in [2.24, 2.45) is 0 Å². The molecule has 2 rings (SSSR count). The highest BCUT2D eigenvalue weighted by Gasteiger charge is 2.33. The molecule has 0 aliphatic carbocycles. The van der Waals surface area contributed by atoms with Crippen LogP contribution in [0.15, 0.2) is 40.9 Å². The molecule has 0 bridgehead atoms. The van der Waals surface area contributed by atoms with Crippen LogP contribution < -0.4 is 5.32 Å². The number of benzene rings is 2. The first-order valence-electron chi connectivity index (χ1n) is 5.64. The molecule has 0 heterocycles. The van der Waals surface area contributed by atoms with Gasteiger partial charge in [0.25, 0.3) is 0 Å². The van der Waals surface area contributed by atoms with Crippen molar-refractivity contribution in [3.05, 3.63) is 57.8 Å². The summed E-state index contributed by atoms with van der Waals surface area (Å²) in [6, 6.07) is 8.47.